The molecule has 2 amide bonds. The topological polar surface area (TPSA) is 119 Å². The van der Waals surface area contributed by atoms with Crippen LogP contribution in [-0.2, 0) is 4.74 Å². The monoisotopic (exact) mass is 490 g/mol. The molecule has 0 aromatic carbocycles. The van der Waals surface area contributed by atoms with Gasteiger partial charge < -0.3 is 10.1 Å². The van der Waals surface area contributed by atoms with Crippen molar-refractivity contribution in [3.8, 4) is 22.4 Å². The zero-order chi connectivity index (χ0) is 25.7. The predicted octanol–water partition coefficient (Wildman–Crippen LogP) is 5.28. The second-order valence-electron chi connectivity index (χ2n) is 7.56. The number of hydrogen-bond acceptors (Lipinski definition) is 7. The Kier molecular flexibility index (Phi) is 7.19. The first-order chi connectivity index (χ1) is 17.3. The molecular formula is C25H20F2N6O3. The van der Waals surface area contributed by atoms with Crippen LogP contribution in [0.4, 0.5) is 25.1 Å². The van der Waals surface area contributed by atoms with Crippen LogP contribution in [0, 0.1) is 6.92 Å². The van der Waals surface area contributed by atoms with Crippen molar-refractivity contribution in [1.82, 2.24) is 19.9 Å². The summed E-state index contributed by atoms with van der Waals surface area (Å²) in [5.41, 5.74) is 3.53. The van der Waals surface area contributed by atoms with Crippen LogP contribution in [0.2, 0.25) is 0 Å². The number of alkyl halides is 2. The predicted molar refractivity (Wildman–Crippen MR) is 129 cm³/mol. The number of aromatic nitrogens is 4. The standard InChI is InChI=1S/C25H20F2N6O3/c1-14-19(12-18(13-31-14)32-24(34)17-5-7-29-21(10-17)23(26)27)15-3-6-28-20(9-15)16-4-8-30-22(11-16)33-25(35)36-2/h3-13,23H,1-2H3,(H,32,34)(H,30,33,35). The molecule has 0 saturated heterocycles. The summed E-state index contributed by atoms with van der Waals surface area (Å²) < 4.78 is 30.5. The molecule has 11 heteroatoms. The Labute approximate surface area is 204 Å². The third-order valence-corrected chi connectivity index (χ3v) is 5.15. The van der Waals surface area contributed by atoms with Gasteiger partial charge in [0.25, 0.3) is 12.3 Å². The zero-order valence-electron chi connectivity index (χ0n) is 19.2. The van der Waals surface area contributed by atoms with Crippen LogP contribution in [0.15, 0.2) is 67.3 Å². The van der Waals surface area contributed by atoms with Gasteiger partial charge in [-0.3, -0.25) is 25.1 Å². The van der Waals surface area contributed by atoms with E-state index in [0.29, 0.717) is 28.5 Å². The van der Waals surface area contributed by atoms with E-state index in [9.17, 15) is 18.4 Å². The van der Waals surface area contributed by atoms with Crippen molar-refractivity contribution in [2.75, 3.05) is 17.7 Å². The summed E-state index contributed by atoms with van der Waals surface area (Å²) in [6.07, 6.45) is 2.40. The fourth-order valence-electron chi connectivity index (χ4n) is 3.38. The number of carbonyl (C=O) groups excluding carboxylic acids is 2. The van der Waals surface area contributed by atoms with Gasteiger partial charge in [0.05, 0.1) is 24.7 Å². The molecule has 182 valence electrons. The summed E-state index contributed by atoms with van der Waals surface area (Å²) in [6, 6.07) is 11.2. The molecule has 4 aromatic heterocycles. The maximum atomic E-state index is 12.9. The average molecular weight is 490 g/mol. The lowest BCUT2D eigenvalue weighted by atomic mass is 10.0. The molecule has 4 rings (SSSR count). The van der Waals surface area contributed by atoms with Crippen molar-refractivity contribution in [1.29, 1.82) is 0 Å². The van der Waals surface area contributed by atoms with Crippen molar-refractivity contribution < 1.29 is 23.1 Å². The number of hydrogen-bond donors (Lipinski definition) is 2. The number of ether oxygens (including phenoxy) is 1. The molecule has 9 nitrogen and oxygen atoms in total. The second-order valence-corrected chi connectivity index (χ2v) is 7.56. The van der Waals surface area contributed by atoms with Crippen LogP contribution in [0.25, 0.3) is 22.4 Å². The lowest BCUT2D eigenvalue weighted by molar-refractivity contribution is 0.102. The summed E-state index contributed by atoms with van der Waals surface area (Å²) in [5.74, 6) is -0.256. The molecule has 0 aliphatic heterocycles. The Morgan fingerprint density at radius 3 is 2.42 bits per heavy atom. The molecule has 0 atom stereocenters. The normalized spacial score (nSPS) is 10.7. The molecule has 0 saturated carbocycles. The number of nitrogens with one attached hydrogen (secondary N) is 2. The molecule has 4 heterocycles. The minimum absolute atomic E-state index is 0.0580. The van der Waals surface area contributed by atoms with E-state index in [2.05, 4.69) is 35.3 Å². The second kappa shape index (κ2) is 10.6. The van der Waals surface area contributed by atoms with Crippen molar-refractivity contribution in [3.05, 3.63) is 84.2 Å². The lowest BCUT2D eigenvalue weighted by Gasteiger charge is -2.11. The number of carbonyl (C=O) groups is 2. The van der Waals surface area contributed by atoms with E-state index in [1.165, 1.54) is 31.8 Å². The van der Waals surface area contributed by atoms with Gasteiger partial charge >= 0.3 is 6.09 Å². The van der Waals surface area contributed by atoms with Gasteiger partial charge in [0, 0.05) is 41.0 Å². The fourth-order valence-corrected chi connectivity index (χ4v) is 3.38. The van der Waals surface area contributed by atoms with E-state index in [4.69, 9.17) is 0 Å². The third-order valence-electron chi connectivity index (χ3n) is 5.15. The Balaban J connectivity index is 1.60. The quantitative estimate of drug-likeness (QED) is 0.378. The smallest absolute Gasteiger partial charge is 0.412 e. The van der Waals surface area contributed by atoms with E-state index in [-0.39, 0.29) is 5.56 Å². The van der Waals surface area contributed by atoms with Crippen LogP contribution in [0.1, 0.15) is 28.2 Å². The first-order valence-corrected chi connectivity index (χ1v) is 10.6. The minimum Gasteiger partial charge on any atom is -0.453 e. The maximum absolute atomic E-state index is 12.9. The summed E-state index contributed by atoms with van der Waals surface area (Å²) in [5, 5.41) is 5.20. The third kappa shape index (κ3) is 5.63. The molecule has 0 spiro atoms. The van der Waals surface area contributed by atoms with Gasteiger partial charge in [0.2, 0.25) is 0 Å². The van der Waals surface area contributed by atoms with E-state index in [1.807, 2.05) is 13.0 Å². The Hall–Kier alpha value is -4.80. The minimum atomic E-state index is -2.78. The summed E-state index contributed by atoms with van der Waals surface area (Å²) in [4.78, 5) is 40.6. The van der Waals surface area contributed by atoms with Gasteiger partial charge in [-0.1, -0.05) is 0 Å². The molecule has 0 aliphatic carbocycles. The van der Waals surface area contributed by atoms with Gasteiger partial charge in [-0.15, -0.1) is 0 Å². The van der Waals surface area contributed by atoms with Crippen LogP contribution in [0.5, 0.6) is 0 Å². The Bertz CT molecular complexity index is 1430. The molecule has 0 unspecified atom stereocenters. The average Bonchev–Trinajstić information content (AvgIpc) is 2.90. The summed E-state index contributed by atoms with van der Waals surface area (Å²) in [7, 11) is 1.26. The van der Waals surface area contributed by atoms with Gasteiger partial charge in [-0.2, -0.15) is 0 Å². The molecular weight excluding hydrogens is 470 g/mol. The number of pyridine rings is 4. The SMILES string of the molecule is COC(=O)Nc1cc(-c2cc(-c3cc(NC(=O)c4ccnc(C(F)F)c4)cnc3C)ccn2)ccn1. The zero-order valence-corrected chi connectivity index (χ0v) is 19.2. The Morgan fingerprint density at radius 2 is 1.64 bits per heavy atom. The van der Waals surface area contributed by atoms with Crippen LogP contribution in [-0.4, -0.2) is 39.0 Å². The van der Waals surface area contributed by atoms with Crippen LogP contribution < -0.4 is 10.6 Å². The number of aryl methyl sites for hydroxylation is 1. The summed E-state index contributed by atoms with van der Waals surface area (Å²) in [6.45, 7) is 1.82. The highest BCUT2D eigenvalue weighted by atomic mass is 19.3. The highest BCUT2D eigenvalue weighted by Crippen LogP contribution is 2.29. The van der Waals surface area contributed by atoms with E-state index >= 15 is 0 Å². The number of halogens is 2. The Morgan fingerprint density at radius 1 is 0.889 bits per heavy atom. The number of nitrogens with zero attached hydrogens (tertiary/aromatic N) is 4. The molecule has 0 aliphatic rings. The molecule has 0 bridgehead atoms. The molecule has 0 radical (unpaired) electrons. The van der Waals surface area contributed by atoms with Gasteiger partial charge in [0.15, 0.2) is 0 Å². The van der Waals surface area contributed by atoms with Crippen molar-refractivity contribution >= 4 is 23.5 Å². The number of anilines is 2. The highest BCUT2D eigenvalue weighted by molar-refractivity contribution is 6.04. The largest absolute Gasteiger partial charge is 0.453 e. The van der Waals surface area contributed by atoms with Crippen LogP contribution in [0.3, 0.4) is 0 Å². The van der Waals surface area contributed by atoms with Gasteiger partial charge in [-0.05, 0) is 55.0 Å². The number of amides is 2. The first-order valence-electron chi connectivity index (χ1n) is 10.6. The number of rotatable bonds is 6. The van der Waals surface area contributed by atoms with Crippen LogP contribution >= 0.6 is 0 Å². The maximum Gasteiger partial charge on any atom is 0.412 e. The number of methoxy groups -OCH3 is 1. The lowest BCUT2D eigenvalue weighted by Crippen LogP contribution is -2.13. The molecule has 2 N–H and O–H groups in total. The van der Waals surface area contributed by atoms with Gasteiger partial charge in [0.1, 0.15) is 11.5 Å². The molecule has 4 aromatic rings. The fraction of sp³-hybridized carbons (Fsp3) is 0.120. The highest BCUT2D eigenvalue weighted by Gasteiger charge is 2.14. The van der Waals surface area contributed by atoms with Gasteiger partial charge in [-0.25, -0.2) is 18.6 Å². The summed E-state index contributed by atoms with van der Waals surface area (Å²) >= 11 is 0. The molecule has 36 heavy (non-hydrogen) atoms. The van der Waals surface area contributed by atoms with E-state index in [0.717, 1.165) is 17.2 Å². The van der Waals surface area contributed by atoms with E-state index in [1.54, 1.807) is 30.5 Å². The van der Waals surface area contributed by atoms with Crippen molar-refractivity contribution in [2.45, 2.75) is 13.3 Å². The molecule has 0 fully saturated rings. The van der Waals surface area contributed by atoms with E-state index < -0.39 is 24.1 Å². The first kappa shape index (κ1) is 24.3. The van der Waals surface area contributed by atoms with Crippen molar-refractivity contribution in [2.24, 2.45) is 0 Å². The van der Waals surface area contributed by atoms with Crippen molar-refractivity contribution in [3.63, 3.8) is 0 Å².